The van der Waals surface area contributed by atoms with E-state index in [9.17, 15) is 5.11 Å². The SMILES string of the molecule is Cc1cccc(CCC=C[C@@H]2[C@H]3CC(CSCCCN(C(C)C)C(C)C)=C[C@H]3C[C@H]2O)c1. The number of aryl methyl sites for hydroxylation is 2. The molecule has 1 aromatic rings. The smallest absolute Gasteiger partial charge is 0.0611 e. The van der Waals surface area contributed by atoms with Crippen LogP contribution in [0.15, 0.2) is 48.1 Å². The number of thioether (sulfide) groups is 1. The molecule has 0 aliphatic heterocycles. The molecule has 0 unspecified atom stereocenters. The quantitative estimate of drug-likeness (QED) is 0.281. The molecule has 2 aliphatic carbocycles. The van der Waals surface area contributed by atoms with Crippen molar-refractivity contribution in [2.24, 2.45) is 17.8 Å². The van der Waals surface area contributed by atoms with Crippen LogP contribution in [-0.2, 0) is 6.42 Å². The van der Waals surface area contributed by atoms with Crippen molar-refractivity contribution in [3.63, 3.8) is 0 Å². The second-order valence-electron chi connectivity index (χ2n) is 10.5. The number of aliphatic hydroxyl groups is 1. The lowest BCUT2D eigenvalue weighted by Gasteiger charge is -2.30. The van der Waals surface area contributed by atoms with E-state index in [4.69, 9.17) is 0 Å². The lowest BCUT2D eigenvalue weighted by Crippen LogP contribution is -2.37. The van der Waals surface area contributed by atoms with Crippen LogP contribution in [0.1, 0.15) is 64.5 Å². The van der Waals surface area contributed by atoms with Gasteiger partial charge in [0.2, 0.25) is 0 Å². The van der Waals surface area contributed by atoms with Crippen LogP contribution in [0.5, 0.6) is 0 Å². The number of hydrogen-bond acceptors (Lipinski definition) is 3. The normalized spacial score (nSPS) is 25.5. The van der Waals surface area contributed by atoms with Gasteiger partial charge in [-0.2, -0.15) is 11.8 Å². The van der Waals surface area contributed by atoms with Gasteiger partial charge in [0.1, 0.15) is 0 Å². The van der Waals surface area contributed by atoms with Gasteiger partial charge in [-0.3, -0.25) is 4.90 Å². The first kappa shape index (κ1) is 25.6. The number of fused-ring (bicyclic) bond motifs is 1. The molecule has 0 heterocycles. The maximum atomic E-state index is 10.6. The van der Waals surface area contributed by atoms with E-state index in [0.717, 1.165) is 19.3 Å². The van der Waals surface area contributed by atoms with Gasteiger partial charge >= 0.3 is 0 Å². The zero-order valence-corrected chi connectivity index (χ0v) is 21.8. The third-order valence-corrected chi connectivity index (χ3v) is 8.46. The van der Waals surface area contributed by atoms with Crippen molar-refractivity contribution in [1.82, 2.24) is 4.90 Å². The predicted octanol–water partition coefficient (Wildman–Crippen LogP) is 6.67. The fourth-order valence-corrected chi connectivity index (χ4v) is 6.70. The molecule has 0 amide bonds. The minimum absolute atomic E-state index is 0.163. The summed E-state index contributed by atoms with van der Waals surface area (Å²) in [4.78, 5) is 2.59. The second-order valence-corrected chi connectivity index (χ2v) is 11.6. The van der Waals surface area contributed by atoms with E-state index in [1.165, 1.54) is 42.0 Å². The van der Waals surface area contributed by atoms with Gasteiger partial charge in [0.25, 0.3) is 0 Å². The largest absolute Gasteiger partial charge is 0.392 e. The third-order valence-electron chi connectivity index (χ3n) is 7.31. The van der Waals surface area contributed by atoms with Crippen molar-refractivity contribution in [2.45, 2.75) is 84.9 Å². The van der Waals surface area contributed by atoms with Crippen LogP contribution in [-0.4, -0.2) is 46.2 Å². The Kier molecular flexibility index (Phi) is 9.95. The molecule has 1 aromatic carbocycles. The maximum absolute atomic E-state index is 10.6. The Labute approximate surface area is 201 Å². The average Bonchev–Trinajstić information content (AvgIpc) is 3.24. The minimum Gasteiger partial charge on any atom is -0.392 e. The molecule has 1 N–H and O–H groups in total. The van der Waals surface area contributed by atoms with Crippen molar-refractivity contribution in [3.05, 3.63) is 59.2 Å². The summed E-state index contributed by atoms with van der Waals surface area (Å²) in [6, 6.07) is 10.1. The van der Waals surface area contributed by atoms with Crippen molar-refractivity contribution >= 4 is 11.8 Å². The van der Waals surface area contributed by atoms with Gasteiger partial charge in [-0.1, -0.05) is 53.6 Å². The van der Waals surface area contributed by atoms with Crippen LogP contribution in [0.25, 0.3) is 0 Å². The molecule has 3 heteroatoms. The Balaban J connectivity index is 1.39. The summed E-state index contributed by atoms with van der Waals surface area (Å²) >= 11 is 2.10. The van der Waals surface area contributed by atoms with Crippen LogP contribution in [0.2, 0.25) is 0 Å². The number of nitrogens with zero attached hydrogens (tertiary/aromatic N) is 1. The zero-order valence-electron chi connectivity index (χ0n) is 21.0. The Hall–Kier alpha value is -1.03. The molecule has 1 saturated carbocycles. The van der Waals surface area contributed by atoms with Gasteiger partial charge in [0.15, 0.2) is 0 Å². The second kappa shape index (κ2) is 12.4. The monoisotopic (exact) mass is 455 g/mol. The molecule has 0 spiro atoms. The summed E-state index contributed by atoms with van der Waals surface area (Å²) in [5.41, 5.74) is 4.37. The molecular formula is C29H45NOS. The van der Waals surface area contributed by atoms with Crippen molar-refractivity contribution in [3.8, 4) is 0 Å². The predicted molar refractivity (Wildman–Crippen MR) is 141 cm³/mol. The molecule has 2 nitrogen and oxygen atoms in total. The van der Waals surface area contributed by atoms with Crippen molar-refractivity contribution < 1.29 is 5.11 Å². The van der Waals surface area contributed by atoms with Gasteiger partial charge < -0.3 is 5.11 Å². The maximum Gasteiger partial charge on any atom is 0.0611 e. The van der Waals surface area contributed by atoms with E-state index in [1.54, 1.807) is 5.57 Å². The fraction of sp³-hybridized carbons (Fsp3) is 0.655. The van der Waals surface area contributed by atoms with Crippen LogP contribution in [0.3, 0.4) is 0 Å². The van der Waals surface area contributed by atoms with E-state index in [-0.39, 0.29) is 6.10 Å². The number of aliphatic hydroxyl groups excluding tert-OH is 1. The van der Waals surface area contributed by atoms with E-state index in [0.29, 0.717) is 29.8 Å². The molecule has 0 radical (unpaired) electrons. The van der Waals surface area contributed by atoms with Gasteiger partial charge in [0.05, 0.1) is 6.10 Å². The molecule has 0 aromatic heterocycles. The highest BCUT2D eigenvalue weighted by Gasteiger charge is 2.43. The van der Waals surface area contributed by atoms with Crippen molar-refractivity contribution in [2.75, 3.05) is 18.1 Å². The molecule has 2 aliphatic rings. The zero-order chi connectivity index (χ0) is 23.1. The summed E-state index contributed by atoms with van der Waals surface area (Å²) in [5, 5.41) is 10.6. The van der Waals surface area contributed by atoms with Gasteiger partial charge in [0, 0.05) is 23.8 Å². The molecule has 4 atom stereocenters. The van der Waals surface area contributed by atoms with Gasteiger partial charge in [-0.05, 0) is 96.4 Å². The lowest BCUT2D eigenvalue weighted by molar-refractivity contribution is 0.141. The number of benzene rings is 1. The topological polar surface area (TPSA) is 23.5 Å². The standard InChI is InChI=1S/C29H45NOS/c1-21(2)30(22(3)4)14-9-15-32-20-25-17-26-19-29(31)27(28(26)18-25)13-7-6-11-24-12-8-10-23(5)16-24/h7-8,10,12-13,16-17,21-22,26-29,31H,6,9,11,14-15,18-20H2,1-5H3/t26-,27+,28-,29+/m0/s1. The molecule has 178 valence electrons. The number of allylic oxidation sites excluding steroid dienone is 2. The van der Waals surface area contributed by atoms with E-state index in [2.05, 4.69) is 93.8 Å². The first-order chi connectivity index (χ1) is 15.3. The van der Waals surface area contributed by atoms with Crippen LogP contribution >= 0.6 is 11.8 Å². The Morgan fingerprint density at radius 2 is 1.97 bits per heavy atom. The number of hydrogen-bond donors (Lipinski definition) is 1. The minimum atomic E-state index is -0.163. The third kappa shape index (κ3) is 7.23. The summed E-state index contributed by atoms with van der Waals surface area (Å²) in [6.07, 6.45) is 12.5. The summed E-state index contributed by atoms with van der Waals surface area (Å²) in [6.45, 7) is 12.6. The van der Waals surface area contributed by atoms with Crippen LogP contribution in [0.4, 0.5) is 0 Å². The molecule has 0 bridgehead atoms. The highest BCUT2D eigenvalue weighted by atomic mass is 32.2. The molecule has 1 fully saturated rings. The van der Waals surface area contributed by atoms with Crippen LogP contribution < -0.4 is 0 Å². The molecule has 3 rings (SSSR count). The molecule has 32 heavy (non-hydrogen) atoms. The van der Waals surface area contributed by atoms with Gasteiger partial charge in [-0.15, -0.1) is 0 Å². The summed E-state index contributed by atoms with van der Waals surface area (Å²) in [7, 11) is 0. The first-order valence-corrected chi connectivity index (χ1v) is 13.9. The van der Waals surface area contributed by atoms with E-state index >= 15 is 0 Å². The molecule has 0 saturated heterocycles. The number of rotatable bonds is 12. The average molecular weight is 456 g/mol. The Bertz CT molecular complexity index is 760. The summed E-state index contributed by atoms with van der Waals surface area (Å²) in [5.74, 6) is 3.96. The van der Waals surface area contributed by atoms with E-state index in [1.807, 2.05) is 0 Å². The first-order valence-electron chi connectivity index (χ1n) is 12.8. The fourth-order valence-electron chi connectivity index (χ4n) is 5.75. The van der Waals surface area contributed by atoms with Gasteiger partial charge in [-0.25, -0.2) is 0 Å². The Morgan fingerprint density at radius 1 is 1.19 bits per heavy atom. The van der Waals surface area contributed by atoms with E-state index < -0.39 is 0 Å². The summed E-state index contributed by atoms with van der Waals surface area (Å²) < 4.78 is 0. The van der Waals surface area contributed by atoms with Crippen molar-refractivity contribution in [1.29, 1.82) is 0 Å². The lowest BCUT2D eigenvalue weighted by atomic mass is 9.89. The highest BCUT2D eigenvalue weighted by Crippen LogP contribution is 2.47. The van der Waals surface area contributed by atoms with Crippen LogP contribution in [0, 0.1) is 24.7 Å². The molecular weight excluding hydrogens is 410 g/mol. The highest BCUT2D eigenvalue weighted by molar-refractivity contribution is 7.99. The Morgan fingerprint density at radius 3 is 2.69 bits per heavy atom.